The van der Waals surface area contributed by atoms with E-state index in [-0.39, 0.29) is 12.0 Å². The molecule has 5 rings (SSSR count). The van der Waals surface area contributed by atoms with Gasteiger partial charge in [-0.2, -0.15) is 5.10 Å². The maximum atomic E-state index is 13.7. The summed E-state index contributed by atoms with van der Waals surface area (Å²) in [6, 6.07) is 21.4. The van der Waals surface area contributed by atoms with Gasteiger partial charge in [0, 0.05) is 25.2 Å². The van der Waals surface area contributed by atoms with E-state index in [1.54, 1.807) is 9.58 Å². The van der Waals surface area contributed by atoms with Crippen LogP contribution in [0.15, 0.2) is 66.7 Å². The van der Waals surface area contributed by atoms with Gasteiger partial charge in [-0.1, -0.05) is 55.5 Å². The Morgan fingerprint density at radius 2 is 1.77 bits per heavy atom. The van der Waals surface area contributed by atoms with Crippen LogP contribution in [0.5, 0.6) is 0 Å². The molecule has 2 fully saturated rings. The molecule has 7 heteroatoms. The number of aromatic nitrogens is 2. The van der Waals surface area contributed by atoms with Crippen molar-refractivity contribution in [3.8, 4) is 16.9 Å². The summed E-state index contributed by atoms with van der Waals surface area (Å²) in [6.45, 7) is 3.75. The van der Waals surface area contributed by atoms with Gasteiger partial charge in [0.25, 0.3) is 5.91 Å². The van der Waals surface area contributed by atoms with Gasteiger partial charge in [0.2, 0.25) is 0 Å². The molecule has 31 heavy (non-hydrogen) atoms. The van der Waals surface area contributed by atoms with Crippen molar-refractivity contribution in [2.24, 2.45) is 0 Å². The molecule has 0 bridgehead atoms. The largest absolute Gasteiger partial charge is 0.447 e. The molecule has 158 valence electrons. The predicted octanol–water partition coefficient (Wildman–Crippen LogP) is 3.60. The molecule has 0 spiro atoms. The number of piperazine rings is 1. The Labute approximate surface area is 180 Å². The number of rotatable bonds is 4. The minimum absolute atomic E-state index is 0.0923. The second-order valence-corrected chi connectivity index (χ2v) is 8.04. The molecule has 7 nitrogen and oxygen atoms in total. The molecule has 2 aromatic carbocycles. The summed E-state index contributed by atoms with van der Waals surface area (Å²) in [6.07, 6.45) is 0.449. The first-order valence-corrected chi connectivity index (χ1v) is 10.6. The first kappa shape index (κ1) is 19.4. The summed E-state index contributed by atoms with van der Waals surface area (Å²) in [5.41, 5.74) is 2.59. The first-order chi connectivity index (χ1) is 15.1. The van der Waals surface area contributed by atoms with Crippen LogP contribution in [0.1, 0.15) is 23.8 Å². The van der Waals surface area contributed by atoms with Gasteiger partial charge >= 0.3 is 6.09 Å². The van der Waals surface area contributed by atoms with Crippen molar-refractivity contribution in [1.82, 2.24) is 19.6 Å². The zero-order valence-electron chi connectivity index (χ0n) is 17.4. The van der Waals surface area contributed by atoms with E-state index in [4.69, 9.17) is 9.84 Å². The summed E-state index contributed by atoms with van der Waals surface area (Å²) in [4.78, 5) is 29.4. The molecule has 0 N–H and O–H groups in total. The van der Waals surface area contributed by atoms with Crippen LogP contribution in [0.3, 0.4) is 0 Å². The van der Waals surface area contributed by atoms with Crippen LogP contribution in [0.25, 0.3) is 16.9 Å². The average Bonchev–Trinajstić information content (AvgIpc) is 3.42. The third kappa shape index (κ3) is 3.26. The number of amides is 2. The van der Waals surface area contributed by atoms with Crippen LogP contribution in [0, 0.1) is 0 Å². The highest BCUT2D eigenvalue weighted by atomic mass is 16.6. The Bertz CT molecular complexity index is 1110. The smallest absolute Gasteiger partial charge is 0.410 e. The Morgan fingerprint density at radius 1 is 1.06 bits per heavy atom. The van der Waals surface area contributed by atoms with E-state index in [0.29, 0.717) is 31.9 Å². The fraction of sp³-hybridized carbons (Fsp3) is 0.292. The van der Waals surface area contributed by atoms with Crippen LogP contribution in [0.2, 0.25) is 0 Å². The van der Waals surface area contributed by atoms with E-state index >= 15 is 0 Å². The number of cyclic esters (lactones) is 1. The van der Waals surface area contributed by atoms with Crippen molar-refractivity contribution < 1.29 is 14.3 Å². The van der Waals surface area contributed by atoms with Gasteiger partial charge in [-0.15, -0.1) is 0 Å². The lowest BCUT2D eigenvalue weighted by atomic mass is 9.92. The SMILES string of the molecule is CCC12COC(=O)N1CCN(C(=O)c1cc(-c3ccccc3)nn1-c1ccccc1)C2. The van der Waals surface area contributed by atoms with Crippen molar-refractivity contribution in [1.29, 1.82) is 0 Å². The Hall–Kier alpha value is -3.61. The number of fused-ring (bicyclic) bond motifs is 1. The maximum absolute atomic E-state index is 13.7. The number of carbonyl (C=O) groups is 2. The Balaban J connectivity index is 1.52. The van der Waals surface area contributed by atoms with E-state index in [9.17, 15) is 9.59 Å². The summed E-state index contributed by atoms with van der Waals surface area (Å²) in [5.74, 6) is -0.0923. The fourth-order valence-corrected chi connectivity index (χ4v) is 4.45. The lowest BCUT2D eigenvalue weighted by molar-refractivity contribution is 0.0355. The molecule has 3 heterocycles. The third-order valence-corrected chi connectivity index (χ3v) is 6.28. The summed E-state index contributed by atoms with van der Waals surface area (Å²) in [5, 5.41) is 4.76. The highest BCUT2D eigenvalue weighted by molar-refractivity contribution is 5.94. The van der Waals surface area contributed by atoms with Crippen LogP contribution >= 0.6 is 0 Å². The molecule has 1 unspecified atom stereocenters. The van der Waals surface area contributed by atoms with Crippen LogP contribution < -0.4 is 0 Å². The van der Waals surface area contributed by atoms with Gasteiger partial charge in [0.05, 0.1) is 16.9 Å². The first-order valence-electron chi connectivity index (χ1n) is 10.6. The molecule has 3 aromatic rings. The van der Waals surface area contributed by atoms with Gasteiger partial charge in [-0.3, -0.25) is 9.69 Å². The highest BCUT2D eigenvalue weighted by Crippen LogP contribution is 2.33. The van der Waals surface area contributed by atoms with E-state index in [1.165, 1.54) is 0 Å². The number of benzene rings is 2. The van der Waals surface area contributed by atoms with Crippen molar-refractivity contribution in [2.45, 2.75) is 18.9 Å². The van der Waals surface area contributed by atoms with Gasteiger partial charge < -0.3 is 9.64 Å². The summed E-state index contributed by atoms with van der Waals surface area (Å²) >= 11 is 0. The van der Waals surface area contributed by atoms with Crippen LogP contribution in [-0.2, 0) is 4.74 Å². The van der Waals surface area contributed by atoms with E-state index in [0.717, 1.165) is 23.4 Å². The van der Waals surface area contributed by atoms with Gasteiger partial charge in [0.1, 0.15) is 12.3 Å². The lowest BCUT2D eigenvalue weighted by Gasteiger charge is -2.44. The number of ether oxygens (including phenoxy) is 1. The van der Waals surface area contributed by atoms with E-state index < -0.39 is 5.54 Å². The summed E-state index contributed by atoms with van der Waals surface area (Å²) in [7, 11) is 0. The Morgan fingerprint density at radius 3 is 2.48 bits per heavy atom. The minimum Gasteiger partial charge on any atom is -0.447 e. The molecule has 0 aliphatic carbocycles. The molecular weight excluding hydrogens is 392 g/mol. The van der Waals surface area contributed by atoms with Crippen molar-refractivity contribution in [3.05, 3.63) is 72.4 Å². The molecule has 2 amide bonds. The second-order valence-electron chi connectivity index (χ2n) is 8.04. The van der Waals surface area contributed by atoms with Crippen molar-refractivity contribution >= 4 is 12.0 Å². The topological polar surface area (TPSA) is 67.7 Å². The van der Waals surface area contributed by atoms with Gasteiger partial charge in [-0.05, 0) is 24.6 Å². The Kier molecular flexibility index (Phi) is 4.73. The van der Waals surface area contributed by atoms with Crippen molar-refractivity contribution in [2.75, 3.05) is 26.2 Å². The van der Waals surface area contributed by atoms with E-state index in [1.807, 2.05) is 78.6 Å². The number of hydrogen-bond acceptors (Lipinski definition) is 4. The predicted molar refractivity (Wildman–Crippen MR) is 116 cm³/mol. The van der Waals surface area contributed by atoms with Gasteiger partial charge in [-0.25, -0.2) is 9.48 Å². The maximum Gasteiger partial charge on any atom is 0.410 e. The number of hydrogen-bond donors (Lipinski definition) is 0. The van der Waals surface area contributed by atoms with Crippen molar-refractivity contribution in [3.63, 3.8) is 0 Å². The second kappa shape index (κ2) is 7.58. The fourth-order valence-electron chi connectivity index (χ4n) is 4.45. The third-order valence-electron chi connectivity index (χ3n) is 6.28. The summed E-state index contributed by atoms with van der Waals surface area (Å²) < 4.78 is 7.03. The molecule has 0 saturated carbocycles. The van der Waals surface area contributed by atoms with Gasteiger partial charge in [0.15, 0.2) is 0 Å². The van der Waals surface area contributed by atoms with E-state index in [2.05, 4.69) is 0 Å². The molecule has 2 saturated heterocycles. The highest BCUT2D eigenvalue weighted by Gasteiger charge is 2.50. The molecule has 2 aliphatic rings. The molecule has 2 aliphatic heterocycles. The average molecular weight is 416 g/mol. The molecule has 1 aromatic heterocycles. The standard InChI is InChI=1S/C24H24N4O3/c1-2-24-16-26(13-14-27(24)23(30)31-17-24)22(29)21-15-20(18-9-5-3-6-10-18)25-28(21)19-11-7-4-8-12-19/h3-12,15H,2,13-14,16-17H2,1H3. The minimum atomic E-state index is -0.454. The number of nitrogens with zero attached hydrogens (tertiary/aromatic N) is 4. The quantitative estimate of drug-likeness (QED) is 0.652. The number of carbonyl (C=O) groups excluding carboxylic acids is 2. The molecular formula is C24H24N4O3. The molecule has 0 radical (unpaired) electrons. The monoisotopic (exact) mass is 416 g/mol. The zero-order chi connectivity index (χ0) is 21.4. The zero-order valence-corrected chi connectivity index (χ0v) is 17.4. The van der Waals surface area contributed by atoms with Crippen LogP contribution in [-0.4, -0.2) is 63.4 Å². The lowest BCUT2D eigenvalue weighted by Crippen LogP contribution is -2.62. The van der Waals surface area contributed by atoms with Crippen LogP contribution in [0.4, 0.5) is 4.79 Å². The molecule has 1 atom stereocenters. The normalized spacial score (nSPS) is 20.5. The number of para-hydroxylation sites is 1.